The molecule has 9 heavy (non-hydrogen) atoms. The van der Waals surface area contributed by atoms with Crippen molar-refractivity contribution in [3.05, 3.63) is 0 Å². The van der Waals surface area contributed by atoms with Gasteiger partial charge in [-0.3, -0.25) is 0 Å². The minimum atomic E-state index is 0.181. The van der Waals surface area contributed by atoms with Gasteiger partial charge in [-0.05, 0) is 12.3 Å². The molecule has 0 heterocycles. The van der Waals surface area contributed by atoms with Gasteiger partial charge in [0.05, 0.1) is 0 Å². The highest BCUT2D eigenvalue weighted by Crippen LogP contribution is 1.96. The van der Waals surface area contributed by atoms with Crippen LogP contribution in [-0.2, 0) is 0 Å². The molecule has 0 aliphatic rings. The average molecular weight is 134 g/mol. The van der Waals surface area contributed by atoms with Crippen molar-refractivity contribution in [2.24, 2.45) is 5.92 Å². The Bertz CT molecular complexity index is 37.9. The van der Waals surface area contributed by atoms with Crippen LogP contribution in [0, 0.1) is 5.92 Å². The molecule has 0 aromatic heterocycles. The second kappa shape index (κ2) is 10.8. The summed E-state index contributed by atoms with van der Waals surface area (Å²) in [5.41, 5.74) is 0. The van der Waals surface area contributed by atoms with Crippen molar-refractivity contribution in [1.82, 2.24) is 0 Å². The van der Waals surface area contributed by atoms with Crippen LogP contribution < -0.4 is 0 Å². The van der Waals surface area contributed by atoms with E-state index in [0.717, 1.165) is 0 Å². The summed E-state index contributed by atoms with van der Waals surface area (Å²) in [6.07, 6.45) is 0.705. The third-order valence-electron chi connectivity index (χ3n) is 0.934. The summed E-state index contributed by atoms with van der Waals surface area (Å²) in [5, 5.41) is 16.6. The SMILES string of the molecule is CC.CC(CO)CCO. The Labute approximate surface area is 57.5 Å². The van der Waals surface area contributed by atoms with E-state index in [9.17, 15) is 0 Å². The Morgan fingerprint density at radius 3 is 1.78 bits per heavy atom. The van der Waals surface area contributed by atoms with Gasteiger partial charge in [0.15, 0.2) is 0 Å². The first-order valence-corrected chi connectivity index (χ1v) is 3.53. The zero-order valence-corrected chi connectivity index (χ0v) is 6.59. The maximum absolute atomic E-state index is 8.35. The minimum Gasteiger partial charge on any atom is -0.396 e. The first-order valence-electron chi connectivity index (χ1n) is 3.53. The van der Waals surface area contributed by atoms with Crippen LogP contribution in [0.3, 0.4) is 0 Å². The lowest BCUT2D eigenvalue weighted by Crippen LogP contribution is -2.01. The molecule has 0 aromatic rings. The molecule has 0 aliphatic carbocycles. The molecule has 0 amide bonds. The fourth-order valence-corrected chi connectivity index (χ4v) is 0.312. The van der Waals surface area contributed by atoms with E-state index in [1.807, 2.05) is 20.8 Å². The smallest absolute Gasteiger partial charge is 0.0457 e. The topological polar surface area (TPSA) is 40.5 Å². The maximum Gasteiger partial charge on any atom is 0.0457 e. The van der Waals surface area contributed by atoms with Crippen LogP contribution in [0.5, 0.6) is 0 Å². The Hall–Kier alpha value is -0.0800. The van der Waals surface area contributed by atoms with Gasteiger partial charge in [0, 0.05) is 13.2 Å². The van der Waals surface area contributed by atoms with Crippen LogP contribution in [-0.4, -0.2) is 23.4 Å². The highest BCUT2D eigenvalue weighted by molar-refractivity contribution is 4.45. The van der Waals surface area contributed by atoms with E-state index >= 15 is 0 Å². The summed E-state index contributed by atoms with van der Waals surface area (Å²) in [4.78, 5) is 0. The van der Waals surface area contributed by atoms with Crippen molar-refractivity contribution in [1.29, 1.82) is 0 Å². The largest absolute Gasteiger partial charge is 0.396 e. The molecule has 1 unspecified atom stereocenters. The van der Waals surface area contributed by atoms with Gasteiger partial charge in [-0.15, -0.1) is 0 Å². The van der Waals surface area contributed by atoms with E-state index < -0.39 is 0 Å². The zero-order chi connectivity index (χ0) is 7.70. The molecule has 2 N–H and O–H groups in total. The standard InChI is InChI=1S/C5H12O2.C2H6/c1-5(4-7)2-3-6;1-2/h5-7H,2-4H2,1H3;1-2H3. The number of aliphatic hydroxyl groups excluding tert-OH is 2. The number of aliphatic hydroxyl groups is 2. The molecule has 0 spiro atoms. The molecular weight excluding hydrogens is 116 g/mol. The lowest BCUT2D eigenvalue weighted by Gasteiger charge is -2.01. The van der Waals surface area contributed by atoms with Crippen molar-refractivity contribution in [2.75, 3.05) is 13.2 Å². The van der Waals surface area contributed by atoms with Crippen molar-refractivity contribution in [3.63, 3.8) is 0 Å². The predicted octanol–water partition coefficient (Wildman–Crippen LogP) is 1.02. The molecule has 58 valence electrons. The Kier molecular flexibility index (Phi) is 14.0. The van der Waals surface area contributed by atoms with Gasteiger partial charge in [0.1, 0.15) is 0 Å². The third kappa shape index (κ3) is 11.5. The van der Waals surface area contributed by atoms with Gasteiger partial charge in [-0.2, -0.15) is 0 Å². The van der Waals surface area contributed by atoms with Crippen LogP contribution >= 0.6 is 0 Å². The zero-order valence-electron chi connectivity index (χ0n) is 6.59. The van der Waals surface area contributed by atoms with E-state index in [1.54, 1.807) is 0 Å². The van der Waals surface area contributed by atoms with Crippen molar-refractivity contribution < 1.29 is 10.2 Å². The Balaban J connectivity index is 0. The van der Waals surface area contributed by atoms with Gasteiger partial charge in [0.25, 0.3) is 0 Å². The maximum atomic E-state index is 8.35. The van der Waals surface area contributed by atoms with E-state index in [-0.39, 0.29) is 19.1 Å². The van der Waals surface area contributed by atoms with Gasteiger partial charge >= 0.3 is 0 Å². The number of rotatable bonds is 3. The number of hydrogen-bond donors (Lipinski definition) is 2. The lowest BCUT2D eigenvalue weighted by molar-refractivity contribution is 0.194. The normalized spacial score (nSPS) is 11.7. The Morgan fingerprint density at radius 2 is 1.67 bits per heavy atom. The van der Waals surface area contributed by atoms with Crippen LogP contribution in [0.25, 0.3) is 0 Å². The molecule has 0 rings (SSSR count). The summed E-state index contributed by atoms with van der Waals surface area (Å²) in [6, 6.07) is 0. The van der Waals surface area contributed by atoms with Gasteiger partial charge < -0.3 is 10.2 Å². The first kappa shape index (κ1) is 11.7. The first-order chi connectivity index (χ1) is 4.31. The third-order valence-corrected chi connectivity index (χ3v) is 0.934. The second-order valence-corrected chi connectivity index (χ2v) is 1.80. The van der Waals surface area contributed by atoms with Crippen molar-refractivity contribution >= 4 is 0 Å². The summed E-state index contributed by atoms with van der Waals surface area (Å²) < 4.78 is 0. The molecule has 0 aliphatic heterocycles. The van der Waals surface area contributed by atoms with Crippen LogP contribution in [0.4, 0.5) is 0 Å². The fourth-order valence-electron chi connectivity index (χ4n) is 0.312. The molecule has 0 bridgehead atoms. The second-order valence-electron chi connectivity index (χ2n) is 1.80. The lowest BCUT2D eigenvalue weighted by atomic mass is 10.1. The molecule has 2 nitrogen and oxygen atoms in total. The monoisotopic (exact) mass is 134 g/mol. The number of hydrogen-bond acceptors (Lipinski definition) is 2. The van der Waals surface area contributed by atoms with Gasteiger partial charge in [-0.25, -0.2) is 0 Å². The molecule has 0 aromatic carbocycles. The molecule has 0 radical (unpaired) electrons. The van der Waals surface area contributed by atoms with Crippen LogP contribution in [0.2, 0.25) is 0 Å². The van der Waals surface area contributed by atoms with E-state index in [4.69, 9.17) is 10.2 Å². The van der Waals surface area contributed by atoms with Crippen molar-refractivity contribution in [3.8, 4) is 0 Å². The van der Waals surface area contributed by atoms with E-state index in [1.165, 1.54) is 0 Å². The fraction of sp³-hybridized carbons (Fsp3) is 1.00. The average Bonchev–Trinajstić information content (AvgIpc) is 1.93. The Morgan fingerprint density at radius 1 is 1.22 bits per heavy atom. The molecule has 0 fully saturated rings. The van der Waals surface area contributed by atoms with E-state index in [2.05, 4.69) is 0 Å². The summed E-state index contributed by atoms with van der Waals surface area (Å²) in [7, 11) is 0. The van der Waals surface area contributed by atoms with Crippen molar-refractivity contribution in [2.45, 2.75) is 27.2 Å². The van der Waals surface area contributed by atoms with Gasteiger partial charge in [0.2, 0.25) is 0 Å². The highest BCUT2D eigenvalue weighted by Gasteiger charge is 1.94. The van der Waals surface area contributed by atoms with Crippen LogP contribution in [0.1, 0.15) is 27.2 Å². The molecule has 2 heteroatoms. The minimum absolute atomic E-state index is 0.181. The highest BCUT2D eigenvalue weighted by atomic mass is 16.3. The van der Waals surface area contributed by atoms with Gasteiger partial charge in [-0.1, -0.05) is 20.8 Å². The molecular formula is C7H18O2. The molecule has 0 saturated carbocycles. The van der Waals surface area contributed by atoms with E-state index in [0.29, 0.717) is 6.42 Å². The summed E-state index contributed by atoms with van der Waals surface area (Å²) >= 11 is 0. The molecule has 1 atom stereocenters. The predicted molar refractivity (Wildman–Crippen MR) is 39.3 cm³/mol. The quantitative estimate of drug-likeness (QED) is 0.605. The summed E-state index contributed by atoms with van der Waals surface area (Å²) in [5.74, 6) is 0.255. The van der Waals surface area contributed by atoms with Crippen LogP contribution in [0.15, 0.2) is 0 Å². The molecule has 0 saturated heterocycles. The summed E-state index contributed by atoms with van der Waals surface area (Å²) in [6.45, 7) is 6.26.